The summed E-state index contributed by atoms with van der Waals surface area (Å²) in [5, 5.41) is 2.99. The Kier molecular flexibility index (Phi) is 9.74. The molecule has 2 atom stereocenters. The first-order valence-corrected chi connectivity index (χ1v) is 11.8. The zero-order valence-corrected chi connectivity index (χ0v) is 19.6. The van der Waals surface area contributed by atoms with Gasteiger partial charge in [-0.1, -0.05) is 65.3 Å². The number of carbonyl (C=O) groups is 2. The van der Waals surface area contributed by atoms with Crippen LogP contribution in [-0.2, 0) is 21.9 Å². The lowest BCUT2D eigenvalue weighted by atomic mass is 10.1. The van der Waals surface area contributed by atoms with Crippen LogP contribution in [0.25, 0.3) is 0 Å². The van der Waals surface area contributed by atoms with Crippen molar-refractivity contribution in [2.75, 3.05) is 5.75 Å². The second kappa shape index (κ2) is 12.0. The summed E-state index contributed by atoms with van der Waals surface area (Å²) in [6, 6.07) is 17.5. The zero-order valence-electron chi connectivity index (χ0n) is 17.2. The maximum atomic E-state index is 13.0. The van der Waals surface area contributed by atoms with Gasteiger partial charge in [-0.15, -0.1) is 11.8 Å². The number of hydrogen-bond donors (Lipinski definition) is 1. The summed E-state index contributed by atoms with van der Waals surface area (Å²) < 4.78 is 0.986. The van der Waals surface area contributed by atoms with Crippen LogP contribution in [0.4, 0.5) is 0 Å². The fourth-order valence-corrected chi connectivity index (χ4v) is 3.88. The lowest BCUT2D eigenvalue weighted by Crippen LogP contribution is -2.50. The highest BCUT2D eigenvalue weighted by Crippen LogP contribution is 2.17. The predicted molar refractivity (Wildman–Crippen MR) is 125 cm³/mol. The Morgan fingerprint density at radius 1 is 1.03 bits per heavy atom. The van der Waals surface area contributed by atoms with Crippen molar-refractivity contribution >= 4 is 39.5 Å². The second-order valence-corrected chi connectivity index (χ2v) is 9.02. The van der Waals surface area contributed by atoms with Crippen LogP contribution in [0.2, 0.25) is 0 Å². The zero-order chi connectivity index (χ0) is 21.2. The van der Waals surface area contributed by atoms with Crippen LogP contribution in [0.5, 0.6) is 0 Å². The SMILES string of the molecule is CC[C@H](C)NC(=O)[C@@H](C)N(Cc1ccc(Br)cc1)C(=O)CSCc1ccccc1. The van der Waals surface area contributed by atoms with Gasteiger partial charge < -0.3 is 10.2 Å². The quantitative estimate of drug-likeness (QED) is 0.523. The number of nitrogens with one attached hydrogen (secondary N) is 1. The monoisotopic (exact) mass is 476 g/mol. The number of thioether (sulfide) groups is 1. The average molecular weight is 477 g/mol. The maximum Gasteiger partial charge on any atom is 0.242 e. The molecule has 2 aromatic carbocycles. The number of halogens is 1. The van der Waals surface area contributed by atoms with E-state index in [1.807, 2.05) is 56.3 Å². The normalized spacial score (nSPS) is 12.8. The van der Waals surface area contributed by atoms with E-state index in [-0.39, 0.29) is 17.9 Å². The largest absolute Gasteiger partial charge is 0.352 e. The Morgan fingerprint density at radius 3 is 2.31 bits per heavy atom. The summed E-state index contributed by atoms with van der Waals surface area (Å²) in [5.41, 5.74) is 2.19. The number of hydrogen-bond acceptors (Lipinski definition) is 3. The molecule has 2 rings (SSSR count). The van der Waals surface area contributed by atoms with E-state index in [9.17, 15) is 9.59 Å². The van der Waals surface area contributed by atoms with Gasteiger partial charge in [-0.25, -0.2) is 0 Å². The van der Waals surface area contributed by atoms with Gasteiger partial charge in [-0.05, 0) is 43.5 Å². The fourth-order valence-electron chi connectivity index (χ4n) is 2.75. The predicted octanol–water partition coefficient (Wildman–Crippen LogP) is 5.01. The van der Waals surface area contributed by atoms with Gasteiger partial charge >= 0.3 is 0 Å². The Morgan fingerprint density at radius 2 is 1.69 bits per heavy atom. The molecule has 2 aromatic rings. The molecule has 0 saturated heterocycles. The molecule has 0 fully saturated rings. The lowest BCUT2D eigenvalue weighted by molar-refractivity contribution is -0.138. The van der Waals surface area contributed by atoms with E-state index in [4.69, 9.17) is 0 Å². The molecule has 0 radical (unpaired) electrons. The van der Waals surface area contributed by atoms with E-state index in [1.165, 1.54) is 5.56 Å². The third-order valence-electron chi connectivity index (χ3n) is 4.77. The number of amides is 2. The molecule has 0 aromatic heterocycles. The molecule has 0 bridgehead atoms. The summed E-state index contributed by atoms with van der Waals surface area (Å²) >= 11 is 5.01. The van der Waals surface area contributed by atoms with Crippen molar-refractivity contribution < 1.29 is 9.59 Å². The number of nitrogens with zero attached hydrogens (tertiary/aromatic N) is 1. The van der Waals surface area contributed by atoms with Crippen LogP contribution in [0, 0.1) is 0 Å². The van der Waals surface area contributed by atoms with Gasteiger partial charge in [0.1, 0.15) is 6.04 Å². The van der Waals surface area contributed by atoms with Crippen LogP contribution < -0.4 is 5.32 Å². The molecule has 0 saturated carbocycles. The van der Waals surface area contributed by atoms with Gasteiger partial charge in [0, 0.05) is 22.8 Å². The van der Waals surface area contributed by atoms with Crippen LogP contribution in [0.15, 0.2) is 59.1 Å². The Hall–Kier alpha value is -1.79. The van der Waals surface area contributed by atoms with E-state index < -0.39 is 6.04 Å². The van der Waals surface area contributed by atoms with Gasteiger partial charge in [0.25, 0.3) is 0 Å². The van der Waals surface area contributed by atoms with E-state index >= 15 is 0 Å². The van der Waals surface area contributed by atoms with E-state index in [0.717, 1.165) is 22.2 Å². The molecule has 29 heavy (non-hydrogen) atoms. The van der Waals surface area contributed by atoms with Crippen molar-refractivity contribution in [3.05, 3.63) is 70.2 Å². The Bertz CT molecular complexity index is 783. The minimum absolute atomic E-state index is 0.0272. The molecule has 6 heteroatoms. The average Bonchev–Trinajstić information content (AvgIpc) is 2.73. The molecule has 0 aliphatic heterocycles. The van der Waals surface area contributed by atoms with E-state index in [0.29, 0.717) is 12.3 Å². The highest BCUT2D eigenvalue weighted by molar-refractivity contribution is 9.10. The van der Waals surface area contributed by atoms with Crippen molar-refractivity contribution in [3.8, 4) is 0 Å². The number of benzene rings is 2. The molecule has 156 valence electrons. The topological polar surface area (TPSA) is 49.4 Å². The Balaban J connectivity index is 2.06. The van der Waals surface area contributed by atoms with Gasteiger partial charge in [0.2, 0.25) is 11.8 Å². The van der Waals surface area contributed by atoms with E-state index in [2.05, 4.69) is 33.4 Å². The first-order valence-electron chi connectivity index (χ1n) is 9.86. The first-order chi connectivity index (χ1) is 13.9. The van der Waals surface area contributed by atoms with Gasteiger partial charge in [0.15, 0.2) is 0 Å². The van der Waals surface area contributed by atoms with Crippen molar-refractivity contribution in [3.63, 3.8) is 0 Å². The lowest BCUT2D eigenvalue weighted by Gasteiger charge is -2.29. The summed E-state index contributed by atoms with van der Waals surface area (Å²) in [5.74, 6) is 0.969. The molecular formula is C23H29BrN2O2S. The smallest absolute Gasteiger partial charge is 0.242 e. The summed E-state index contributed by atoms with van der Waals surface area (Å²) in [7, 11) is 0. The number of carbonyl (C=O) groups excluding carboxylic acids is 2. The van der Waals surface area contributed by atoms with Crippen molar-refractivity contribution in [1.82, 2.24) is 10.2 Å². The molecule has 1 N–H and O–H groups in total. The van der Waals surface area contributed by atoms with Crippen molar-refractivity contribution in [2.45, 2.75) is 51.6 Å². The standard InChI is InChI=1S/C23H29BrN2O2S/c1-4-17(2)25-23(28)18(3)26(14-19-10-12-21(24)13-11-19)22(27)16-29-15-20-8-6-5-7-9-20/h5-13,17-18H,4,14-16H2,1-3H3,(H,25,28)/t17-,18+/m0/s1. The van der Waals surface area contributed by atoms with Gasteiger partial charge in [0.05, 0.1) is 5.75 Å². The minimum Gasteiger partial charge on any atom is -0.352 e. The minimum atomic E-state index is -0.530. The molecule has 0 spiro atoms. The summed E-state index contributed by atoms with van der Waals surface area (Å²) in [6.45, 7) is 6.21. The van der Waals surface area contributed by atoms with Crippen molar-refractivity contribution in [2.24, 2.45) is 0 Å². The highest BCUT2D eigenvalue weighted by Gasteiger charge is 2.26. The second-order valence-electron chi connectivity index (χ2n) is 7.12. The van der Waals surface area contributed by atoms with Crippen LogP contribution >= 0.6 is 27.7 Å². The molecule has 0 heterocycles. The van der Waals surface area contributed by atoms with E-state index in [1.54, 1.807) is 23.6 Å². The molecule has 0 unspecified atom stereocenters. The third-order valence-corrected chi connectivity index (χ3v) is 6.29. The third kappa shape index (κ3) is 7.86. The molecule has 0 aliphatic rings. The van der Waals surface area contributed by atoms with Crippen LogP contribution in [0.3, 0.4) is 0 Å². The van der Waals surface area contributed by atoms with Crippen LogP contribution in [-0.4, -0.2) is 34.6 Å². The van der Waals surface area contributed by atoms with Gasteiger partial charge in [-0.3, -0.25) is 9.59 Å². The Labute approximate surface area is 186 Å². The maximum absolute atomic E-state index is 13.0. The fraction of sp³-hybridized carbons (Fsp3) is 0.391. The number of rotatable bonds is 10. The summed E-state index contributed by atoms with van der Waals surface area (Å²) in [4.78, 5) is 27.4. The van der Waals surface area contributed by atoms with Crippen molar-refractivity contribution in [1.29, 1.82) is 0 Å². The summed E-state index contributed by atoms with van der Waals surface area (Å²) in [6.07, 6.45) is 0.853. The molecule has 4 nitrogen and oxygen atoms in total. The van der Waals surface area contributed by atoms with Gasteiger partial charge in [-0.2, -0.15) is 0 Å². The first kappa shape index (κ1) is 23.5. The molecule has 0 aliphatic carbocycles. The molecular weight excluding hydrogens is 448 g/mol. The molecule has 2 amide bonds. The highest BCUT2D eigenvalue weighted by atomic mass is 79.9. The van der Waals surface area contributed by atoms with Crippen LogP contribution in [0.1, 0.15) is 38.3 Å².